The first-order valence-corrected chi connectivity index (χ1v) is 9.15. The van der Waals surface area contributed by atoms with E-state index in [1.165, 1.54) is 19.2 Å². The molecule has 0 saturated carbocycles. The molecular formula is C14H13BrClN3O4S. The van der Waals surface area contributed by atoms with Crippen molar-refractivity contribution in [2.24, 2.45) is 5.73 Å². The summed E-state index contributed by atoms with van der Waals surface area (Å²) in [6.45, 7) is 0. The number of hydrogen-bond acceptors (Lipinski definition) is 4. The summed E-state index contributed by atoms with van der Waals surface area (Å²) >= 11 is 9.19. The molecule has 0 aliphatic heterocycles. The summed E-state index contributed by atoms with van der Waals surface area (Å²) < 4.78 is 26.8. The summed E-state index contributed by atoms with van der Waals surface area (Å²) in [6.07, 6.45) is 0. The second-order valence-corrected chi connectivity index (χ2v) is 7.66. The molecule has 0 unspecified atom stereocenters. The van der Waals surface area contributed by atoms with Crippen molar-refractivity contribution in [1.29, 1.82) is 0 Å². The van der Waals surface area contributed by atoms with Gasteiger partial charge in [0.2, 0.25) is 10.0 Å². The van der Waals surface area contributed by atoms with Crippen molar-refractivity contribution in [3.05, 3.63) is 45.9 Å². The minimum Gasteiger partial charge on any atom is -0.504 e. The second kappa shape index (κ2) is 6.98. The van der Waals surface area contributed by atoms with Gasteiger partial charge in [-0.25, -0.2) is 17.9 Å². The Morgan fingerprint density at radius 2 is 1.88 bits per heavy atom. The zero-order chi connectivity index (χ0) is 18.1. The number of nitrogens with zero attached hydrogens (tertiary/aromatic N) is 1. The highest BCUT2D eigenvalue weighted by molar-refractivity contribution is 9.10. The summed E-state index contributed by atoms with van der Waals surface area (Å²) in [4.78, 5) is 12.4. The monoisotopic (exact) mass is 433 g/mol. The predicted octanol–water partition coefficient (Wildman–Crippen LogP) is 2.93. The van der Waals surface area contributed by atoms with Crippen LogP contribution in [-0.2, 0) is 10.0 Å². The van der Waals surface area contributed by atoms with Crippen LogP contribution in [0.25, 0.3) is 0 Å². The Morgan fingerprint density at radius 3 is 2.42 bits per heavy atom. The third-order valence-electron chi connectivity index (χ3n) is 3.15. The van der Waals surface area contributed by atoms with Gasteiger partial charge in [0.05, 0.1) is 16.4 Å². The van der Waals surface area contributed by atoms with Gasteiger partial charge in [0.15, 0.2) is 5.75 Å². The highest BCUT2D eigenvalue weighted by Gasteiger charge is 2.28. The Hall–Kier alpha value is -1.81. The maximum absolute atomic E-state index is 12.1. The summed E-state index contributed by atoms with van der Waals surface area (Å²) in [5.74, 6) is -0.689. The summed E-state index contributed by atoms with van der Waals surface area (Å²) in [5, 5.41) is 10.2. The lowest BCUT2D eigenvalue weighted by atomic mass is 10.2. The number of nitrogens with two attached hydrogens (primary N) is 1. The number of primary amides is 1. The standard InChI is InChI=1S/C14H13BrClN3O4S/c1-18-24(22,23)13-9(16)6-7-11(12(13)20)19(14(17)21)10-5-3-2-4-8(10)15/h2-7,18,20H,1H3,(H2,17,21). The van der Waals surface area contributed by atoms with Gasteiger partial charge in [-0.3, -0.25) is 4.90 Å². The van der Waals surface area contributed by atoms with Crippen LogP contribution in [0.5, 0.6) is 5.75 Å². The van der Waals surface area contributed by atoms with Crippen LogP contribution in [0.15, 0.2) is 45.8 Å². The Morgan fingerprint density at radius 1 is 1.25 bits per heavy atom. The third kappa shape index (κ3) is 3.34. The molecule has 2 aromatic rings. The molecule has 2 aromatic carbocycles. The average Bonchev–Trinajstić information content (AvgIpc) is 2.51. The number of halogens is 2. The van der Waals surface area contributed by atoms with Crippen molar-refractivity contribution >= 4 is 55.0 Å². The fourth-order valence-corrected chi connectivity index (χ4v) is 3.88. The largest absolute Gasteiger partial charge is 0.504 e. The van der Waals surface area contributed by atoms with Gasteiger partial charge in [-0.15, -0.1) is 0 Å². The number of hydrogen-bond donors (Lipinski definition) is 3. The molecule has 0 fully saturated rings. The van der Waals surface area contributed by atoms with Crippen LogP contribution in [0.2, 0.25) is 5.02 Å². The van der Waals surface area contributed by atoms with Gasteiger partial charge in [0, 0.05) is 4.47 Å². The minimum atomic E-state index is -4.06. The van der Waals surface area contributed by atoms with E-state index in [-0.39, 0.29) is 10.7 Å². The average molecular weight is 435 g/mol. The number of benzene rings is 2. The van der Waals surface area contributed by atoms with Crippen molar-refractivity contribution in [3.8, 4) is 5.75 Å². The number of aromatic hydroxyl groups is 1. The van der Waals surface area contributed by atoms with Crippen LogP contribution in [0.3, 0.4) is 0 Å². The molecule has 0 aliphatic carbocycles. The number of phenols is 1. The lowest BCUT2D eigenvalue weighted by molar-refractivity contribution is 0.256. The van der Waals surface area contributed by atoms with Crippen molar-refractivity contribution in [2.45, 2.75) is 4.90 Å². The molecule has 24 heavy (non-hydrogen) atoms. The lowest BCUT2D eigenvalue weighted by Gasteiger charge is -2.24. The summed E-state index contributed by atoms with van der Waals surface area (Å²) in [5.41, 5.74) is 5.64. The van der Waals surface area contributed by atoms with E-state index >= 15 is 0 Å². The maximum Gasteiger partial charge on any atom is 0.324 e. The fraction of sp³-hybridized carbons (Fsp3) is 0.0714. The molecule has 0 atom stereocenters. The van der Waals surface area contributed by atoms with E-state index in [0.717, 1.165) is 4.90 Å². The summed E-state index contributed by atoms with van der Waals surface area (Å²) in [6, 6.07) is 8.29. The van der Waals surface area contributed by atoms with Crippen molar-refractivity contribution in [3.63, 3.8) is 0 Å². The molecule has 0 spiro atoms. The second-order valence-electron chi connectivity index (χ2n) is 4.58. The minimum absolute atomic E-state index is 0.118. The Balaban J connectivity index is 2.77. The fourth-order valence-electron chi connectivity index (χ4n) is 2.07. The zero-order valence-corrected chi connectivity index (χ0v) is 15.5. The molecule has 0 bridgehead atoms. The molecule has 2 amide bonds. The molecule has 0 saturated heterocycles. The van der Waals surface area contributed by atoms with Gasteiger partial charge < -0.3 is 10.8 Å². The van der Waals surface area contributed by atoms with Crippen molar-refractivity contribution in [1.82, 2.24) is 4.72 Å². The number of amides is 2. The zero-order valence-electron chi connectivity index (χ0n) is 12.3. The number of carbonyl (C=O) groups excluding carboxylic acids is 1. The predicted molar refractivity (Wildman–Crippen MR) is 95.2 cm³/mol. The number of anilines is 2. The first kappa shape index (κ1) is 18.5. The highest BCUT2D eigenvalue weighted by atomic mass is 79.9. The van der Waals surface area contributed by atoms with E-state index in [9.17, 15) is 18.3 Å². The molecule has 10 heteroatoms. The first-order valence-electron chi connectivity index (χ1n) is 6.49. The molecule has 7 nitrogen and oxygen atoms in total. The van der Waals surface area contributed by atoms with Crippen LogP contribution in [-0.4, -0.2) is 26.6 Å². The molecule has 128 valence electrons. The van der Waals surface area contributed by atoms with E-state index in [4.69, 9.17) is 17.3 Å². The van der Waals surface area contributed by atoms with Crippen LogP contribution < -0.4 is 15.4 Å². The number of carbonyl (C=O) groups is 1. The van der Waals surface area contributed by atoms with Crippen LogP contribution in [0.4, 0.5) is 16.2 Å². The molecule has 0 aliphatic rings. The maximum atomic E-state index is 12.1. The topological polar surface area (TPSA) is 113 Å². The van der Waals surface area contributed by atoms with E-state index in [0.29, 0.717) is 10.2 Å². The number of nitrogens with one attached hydrogen (secondary N) is 1. The lowest BCUT2D eigenvalue weighted by Crippen LogP contribution is -2.32. The van der Waals surface area contributed by atoms with Crippen molar-refractivity contribution in [2.75, 3.05) is 11.9 Å². The Kier molecular flexibility index (Phi) is 5.38. The van der Waals surface area contributed by atoms with Crippen LogP contribution >= 0.6 is 27.5 Å². The molecule has 0 radical (unpaired) electrons. The first-order chi connectivity index (χ1) is 11.2. The molecule has 4 N–H and O–H groups in total. The van der Waals surface area contributed by atoms with Gasteiger partial charge >= 0.3 is 6.03 Å². The molecule has 0 aromatic heterocycles. The van der Waals surface area contributed by atoms with E-state index in [2.05, 4.69) is 20.7 Å². The third-order valence-corrected chi connectivity index (χ3v) is 5.74. The van der Waals surface area contributed by atoms with Gasteiger partial charge in [0.1, 0.15) is 4.90 Å². The smallest absolute Gasteiger partial charge is 0.324 e. The Bertz CT molecular complexity index is 905. The number of urea groups is 1. The molecule has 2 rings (SSSR count). The number of rotatable bonds is 4. The van der Waals surface area contributed by atoms with E-state index < -0.39 is 26.7 Å². The number of phenolic OH excluding ortho intramolecular Hbond substituents is 1. The van der Waals surface area contributed by atoms with E-state index in [1.54, 1.807) is 24.3 Å². The SMILES string of the molecule is CNS(=O)(=O)c1c(Cl)ccc(N(C(N)=O)c2ccccc2Br)c1O. The van der Waals surface area contributed by atoms with Crippen molar-refractivity contribution < 1.29 is 18.3 Å². The van der Waals surface area contributed by atoms with Gasteiger partial charge in [0.25, 0.3) is 0 Å². The molecule has 0 heterocycles. The molecular weight excluding hydrogens is 422 g/mol. The number of sulfonamides is 1. The van der Waals surface area contributed by atoms with Crippen LogP contribution in [0.1, 0.15) is 0 Å². The highest BCUT2D eigenvalue weighted by Crippen LogP contribution is 2.42. The van der Waals surface area contributed by atoms with Gasteiger partial charge in [-0.05, 0) is 47.2 Å². The normalized spacial score (nSPS) is 11.3. The van der Waals surface area contributed by atoms with Crippen LogP contribution in [0, 0.1) is 0 Å². The number of para-hydroxylation sites is 1. The van der Waals surface area contributed by atoms with Gasteiger partial charge in [-0.1, -0.05) is 23.7 Å². The van der Waals surface area contributed by atoms with Gasteiger partial charge in [-0.2, -0.15) is 0 Å². The quantitative estimate of drug-likeness (QED) is 0.686. The summed E-state index contributed by atoms with van der Waals surface area (Å²) in [7, 11) is -2.88. The Labute approximate surface area is 152 Å². The van der Waals surface area contributed by atoms with E-state index in [1.807, 2.05) is 0 Å².